The van der Waals surface area contributed by atoms with Crippen molar-refractivity contribution in [2.24, 2.45) is 0 Å². The number of para-hydroxylation sites is 1. The van der Waals surface area contributed by atoms with Gasteiger partial charge in [-0.1, -0.05) is 24.3 Å². The Labute approximate surface area is 260 Å². The van der Waals surface area contributed by atoms with Gasteiger partial charge in [-0.25, -0.2) is 17.2 Å². The van der Waals surface area contributed by atoms with Crippen LogP contribution in [0.4, 0.5) is 20.2 Å². The Kier molecular flexibility index (Phi) is 8.22. The molecule has 0 unspecified atom stereocenters. The number of pyridine rings is 1. The Morgan fingerprint density at radius 3 is 2.40 bits per heavy atom. The lowest BCUT2D eigenvalue weighted by Gasteiger charge is -2.40. The number of aromatic nitrogens is 1. The lowest BCUT2D eigenvalue weighted by molar-refractivity contribution is 0.0475. The minimum Gasteiger partial charge on any atom is -0.399 e. The fraction of sp³-hybridized carbons (Fsp3) is 0.176. The predicted molar refractivity (Wildman–Crippen MR) is 171 cm³/mol. The Hall–Kier alpha value is -4.87. The zero-order chi connectivity index (χ0) is 31.7. The Morgan fingerprint density at radius 1 is 0.933 bits per heavy atom. The van der Waals surface area contributed by atoms with Crippen molar-refractivity contribution in [1.82, 2.24) is 14.8 Å². The molecule has 1 aliphatic heterocycles. The van der Waals surface area contributed by atoms with Crippen LogP contribution in [-0.4, -0.2) is 54.8 Å². The summed E-state index contributed by atoms with van der Waals surface area (Å²) in [6.45, 7) is 3.83. The molecule has 1 aliphatic rings. The number of nitrogens with zero attached hydrogens (tertiary/aromatic N) is 3. The van der Waals surface area contributed by atoms with Gasteiger partial charge in [0.25, 0.3) is 15.9 Å². The molecule has 2 heterocycles. The maximum Gasteiger partial charge on any atom is 0.262 e. The molecule has 5 aromatic rings. The fourth-order valence-corrected chi connectivity index (χ4v) is 7.07. The molecular formula is C34H31F2N5O3S. The summed E-state index contributed by atoms with van der Waals surface area (Å²) in [5.41, 5.74) is 9.46. The highest BCUT2D eigenvalue weighted by Crippen LogP contribution is 2.34. The van der Waals surface area contributed by atoms with Crippen LogP contribution in [0.1, 0.15) is 22.8 Å². The molecule has 0 bridgehead atoms. The second-order valence-corrected chi connectivity index (χ2v) is 12.8. The van der Waals surface area contributed by atoms with E-state index in [9.17, 15) is 22.0 Å². The number of nitrogens with one attached hydrogen (secondary N) is 1. The molecule has 3 N–H and O–H groups in total. The van der Waals surface area contributed by atoms with Gasteiger partial charge in [-0.15, -0.1) is 0 Å². The molecule has 6 rings (SSSR count). The molecule has 1 amide bonds. The standard InChI is InChI=1S/C34H31F2N5O3S/c1-22-20-40(21-23-16-26(35)18-27(36)17-23)14-15-41(22)34(42)25-7-10-29(11-8-25)39-45(43,44)32-12-9-28(37)19-31(32)30-6-2-4-24-5-3-13-38-33(24)30/h2-13,16-19,22,39H,14-15,20-21,37H2,1H3/t22-/m1/s1. The van der Waals surface area contributed by atoms with E-state index in [0.717, 1.165) is 11.5 Å². The zero-order valence-corrected chi connectivity index (χ0v) is 25.3. The predicted octanol–water partition coefficient (Wildman–Crippen LogP) is 5.91. The molecule has 4 aromatic carbocycles. The number of piperazine rings is 1. The van der Waals surface area contributed by atoms with Crippen LogP contribution in [0.3, 0.4) is 0 Å². The van der Waals surface area contributed by atoms with Crippen molar-refractivity contribution in [3.63, 3.8) is 0 Å². The van der Waals surface area contributed by atoms with Crippen molar-refractivity contribution in [2.45, 2.75) is 24.4 Å². The second kappa shape index (κ2) is 12.3. The van der Waals surface area contributed by atoms with Crippen LogP contribution in [0.2, 0.25) is 0 Å². The monoisotopic (exact) mass is 627 g/mol. The van der Waals surface area contributed by atoms with Gasteiger partial charge in [0.05, 0.1) is 10.4 Å². The van der Waals surface area contributed by atoms with Crippen LogP contribution >= 0.6 is 0 Å². The molecule has 0 radical (unpaired) electrons. The van der Waals surface area contributed by atoms with E-state index in [0.29, 0.717) is 65.3 Å². The van der Waals surface area contributed by atoms with Gasteiger partial charge < -0.3 is 10.6 Å². The first-order valence-corrected chi connectivity index (χ1v) is 15.9. The van der Waals surface area contributed by atoms with Crippen molar-refractivity contribution in [3.8, 4) is 11.1 Å². The number of sulfonamides is 1. The van der Waals surface area contributed by atoms with Crippen molar-refractivity contribution in [3.05, 3.63) is 120 Å². The number of fused-ring (bicyclic) bond motifs is 1. The SMILES string of the molecule is C[C@@H]1CN(Cc2cc(F)cc(F)c2)CCN1C(=O)c1ccc(NS(=O)(=O)c2ccc(N)cc2-c2cccc3cccnc23)cc1. The number of rotatable bonds is 7. The van der Waals surface area contributed by atoms with E-state index >= 15 is 0 Å². The molecule has 0 saturated carbocycles. The Morgan fingerprint density at radius 2 is 1.67 bits per heavy atom. The molecule has 11 heteroatoms. The van der Waals surface area contributed by atoms with Crippen LogP contribution < -0.4 is 10.5 Å². The number of nitrogen functional groups attached to an aromatic ring is 1. The van der Waals surface area contributed by atoms with Gasteiger partial charge in [0.2, 0.25) is 0 Å². The number of carbonyl (C=O) groups is 1. The van der Waals surface area contributed by atoms with E-state index in [2.05, 4.69) is 14.6 Å². The smallest absolute Gasteiger partial charge is 0.262 e. The lowest BCUT2D eigenvalue weighted by Crippen LogP contribution is -2.53. The van der Waals surface area contributed by atoms with Gasteiger partial charge in [-0.05, 0) is 73.2 Å². The number of halogens is 2. The molecule has 1 atom stereocenters. The first-order chi connectivity index (χ1) is 21.6. The summed E-state index contributed by atoms with van der Waals surface area (Å²) in [6, 6.07) is 23.5. The molecule has 1 saturated heterocycles. The Bertz CT molecular complexity index is 1980. The summed E-state index contributed by atoms with van der Waals surface area (Å²) >= 11 is 0. The molecular weight excluding hydrogens is 596 g/mol. The van der Waals surface area contributed by atoms with E-state index in [1.165, 1.54) is 24.3 Å². The van der Waals surface area contributed by atoms with Crippen molar-refractivity contribution >= 4 is 38.2 Å². The number of hydrogen-bond donors (Lipinski definition) is 2. The maximum atomic E-state index is 13.7. The molecule has 1 fully saturated rings. The number of amides is 1. The second-order valence-electron chi connectivity index (χ2n) is 11.2. The summed E-state index contributed by atoms with van der Waals surface area (Å²) < 4.78 is 57.2. The summed E-state index contributed by atoms with van der Waals surface area (Å²) in [4.78, 5) is 21.7. The van der Waals surface area contributed by atoms with Gasteiger partial charge in [-0.3, -0.25) is 19.4 Å². The van der Waals surface area contributed by atoms with Crippen LogP contribution in [0.15, 0.2) is 102 Å². The van der Waals surface area contributed by atoms with E-state index in [4.69, 9.17) is 5.73 Å². The van der Waals surface area contributed by atoms with E-state index < -0.39 is 21.7 Å². The van der Waals surface area contributed by atoms with Gasteiger partial charge >= 0.3 is 0 Å². The van der Waals surface area contributed by atoms with Crippen molar-refractivity contribution in [1.29, 1.82) is 0 Å². The van der Waals surface area contributed by atoms with Crippen molar-refractivity contribution in [2.75, 3.05) is 30.1 Å². The number of nitrogens with two attached hydrogens (primary N) is 1. The number of benzene rings is 4. The topological polar surface area (TPSA) is 109 Å². The average Bonchev–Trinajstić information content (AvgIpc) is 3.00. The molecule has 0 spiro atoms. The number of hydrogen-bond acceptors (Lipinski definition) is 6. The van der Waals surface area contributed by atoms with Gasteiger partial charge in [0.1, 0.15) is 11.6 Å². The van der Waals surface area contributed by atoms with E-state index in [1.807, 2.05) is 37.3 Å². The quantitative estimate of drug-likeness (QED) is 0.217. The van der Waals surface area contributed by atoms with Crippen molar-refractivity contribution < 1.29 is 22.0 Å². The van der Waals surface area contributed by atoms with E-state index in [-0.39, 0.29) is 16.8 Å². The largest absolute Gasteiger partial charge is 0.399 e. The minimum atomic E-state index is -4.06. The lowest BCUT2D eigenvalue weighted by atomic mass is 10.0. The molecule has 8 nitrogen and oxygen atoms in total. The highest BCUT2D eigenvalue weighted by molar-refractivity contribution is 7.92. The third-order valence-electron chi connectivity index (χ3n) is 7.90. The van der Waals surface area contributed by atoms with Gasteiger partial charge in [-0.2, -0.15) is 0 Å². The normalized spacial score (nSPS) is 15.7. The highest BCUT2D eigenvalue weighted by atomic mass is 32.2. The third kappa shape index (κ3) is 6.50. The molecule has 230 valence electrons. The minimum absolute atomic E-state index is 0.0441. The molecule has 45 heavy (non-hydrogen) atoms. The molecule has 1 aromatic heterocycles. The Balaban J connectivity index is 1.16. The van der Waals surface area contributed by atoms with Crippen LogP contribution in [-0.2, 0) is 16.6 Å². The van der Waals surface area contributed by atoms with Crippen LogP contribution in [0.25, 0.3) is 22.0 Å². The first kappa shape index (κ1) is 30.2. The van der Waals surface area contributed by atoms with E-state index in [1.54, 1.807) is 41.4 Å². The first-order valence-electron chi connectivity index (χ1n) is 14.4. The average molecular weight is 628 g/mol. The summed E-state index contributed by atoms with van der Waals surface area (Å²) in [5, 5.41) is 0.867. The summed E-state index contributed by atoms with van der Waals surface area (Å²) in [5.74, 6) is -1.42. The fourth-order valence-electron chi connectivity index (χ4n) is 5.81. The van der Waals surface area contributed by atoms with Crippen LogP contribution in [0.5, 0.6) is 0 Å². The molecule has 0 aliphatic carbocycles. The van der Waals surface area contributed by atoms with Crippen LogP contribution in [0, 0.1) is 11.6 Å². The maximum absolute atomic E-state index is 13.7. The zero-order valence-electron chi connectivity index (χ0n) is 24.5. The highest BCUT2D eigenvalue weighted by Gasteiger charge is 2.28. The third-order valence-corrected chi connectivity index (χ3v) is 9.34. The van der Waals surface area contributed by atoms with Gasteiger partial charge in [0.15, 0.2) is 0 Å². The summed E-state index contributed by atoms with van der Waals surface area (Å²) in [6.07, 6.45) is 1.66. The number of carbonyl (C=O) groups excluding carboxylic acids is 1. The van der Waals surface area contributed by atoms with Gasteiger partial charge in [0, 0.05) is 77.9 Å². The summed E-state index contributed by atoms with van der Waals surface area (Å²) in [7, 11) is -4.06. The number of anilines is 2.